The van der Waals surface area contributed by atoms with Crippen LogP contribution >= 0.6 is 0 Å². The standard InChI is InChI=1S/C16H23F3N2O4S/c1-12-4-6-14(25-12)9-20-15(22)7-5-13-3-2-8-21(10-13)26(23,24)11-16(17,18)19/h4,6,13H,2-3,5,7-11H2,1H3,(H,20,22)/t13-/m0/s1. The lowest BCUT2D eigenvalue weighted by molar-refractivity contribution is -0.121. The molecular weight excluding hydrogens is 373 g/mol. The summed E-state index contributed by atoms with van der Waals surface area (Å²) >= 11 is 0. The molecule has 0 bridgehead atoms. The van der Waals surface area contributed by atoms with E-state index in [-0.39, 0.29) is 37.9 Å². The summed E-state index contributed by atoms with van der Waals surface area (Å²) in [4.78, 5) is 11.9. The first-order chi connectivity index (χ1) is 12.0. The molecule has 1 N–H and O–H groups in total. The molecule has 10 heteroatoms. The third kappa shape index (κ3) is 6.64. The number of halogens is 3. The summed E-state index contributed by atoms with van der Waals surface area (Å²) in [5.41, 5.74) is 0. The number of alkyl halides is 3. The molecule has 1 aliphatic heterocycles. The lowest BCUT2D eigenvalue weighted by Gasteiger charge is -2.32. The van der Waals surface area contributed by atoms with Crippen LogP contribution in [0.5, 0.6) is 0 Å². The maximum atomic E-state index is 12.4. The Labute approximate surface area is 150 Å². The Morgan fingerprint density at radius 3 is 2.73 bits per heavy atom. The molecule has 0 unspecified atom stereocenters. The summed E-state index contributed by atoms with van der Waals surface area (Å²) in [7, 11) is -4.36. The highest BCUT2D eigenvalue weighted by Gasteiger charge is 2.39. The van der Waals surface area contributed by atoms with Crippen molar-refractivity contribution in [3.63, 3.8) is 0 Å². The Balaban J connectivity index is 1.78. The van der Waals surface area contributed by atoms with E-state index < -0.39 is 22.0 Å². The second-order valence-corrected chi connectivity index (χ2v) is 8.53. The Morgan fingerprint density at radius 1 is 1.38 bits per heavy atom. The molecule has 1 amide bonds. The zero-order valence-corrected chi connectivity index (χ0v) is 15.3. The molecule has 0 saturated carbocycles. The molecule has 1 atom stereocenters. The first kappa shape index (κ1) is 20.8. The monoisotopic (exact) mass is 396 g/mol. The van der Waals surface area contributed by atoms with Crippen molar-refractivity contribution >= 4 is 15.9 Å². The van der Waals surface area contributed by atoms with E-state index in [1.165, 1.54) is 0 Å². The molecule has 1 aromatic heterocycles. The van der Waals surface area contributed by atoms with Gasteiger partial charge in [-0.2, -0.15) is 13.2 Å². The van der Waals surface area contributed by atoms with Crippen LogP contribution in [0, 0.1) is 12.8 Å². The van der Waals surface area contributed by atoms with E-state index in [4.69, 9.17) is 4.42 Å². The third-order valence-corrected chi connectivity index (χ3v) is 6.07. The van der Waals surface area contributed by atoms with E-state index in [0.717, 1.165) is 10.1 Å². The largest absolute Gasteiger partial charge is 0.465 e. The molecule has 1 aliphatic rings. The molecule has 1 aromatic rings. The summed E-state index contributed by atoms with van der Waals surface area (Å²) in [6.07, 6.45) is -2.94. The van der Waals surface area contributed by atoms with Crippen LogP contribution in [-0.2, 0) is 21.4 Å². The predicted octanol–water partition coefficient (Wildman–Crippen LogP) is 2.59. The highest BCUT2D eigenvalue weighted by molar-refractivity contribution is 7.89. The van der Waals surface area contributed by atoms with Crippen molar-refractivity contribution in [3.05, 3.63) is 23.7 Å². The number of carbonyl (C=O) groups excluding carboxylic acids is 1. The van der Waals surface area contributed by atoms with Crippen LogP contribution in [0.3, 0.4) is 0 Å². The molecule has 2 heterocycles. The van der Waals surface area contributed by atoms with Crippen LogP contribution in [0.2, 0.25) is 0 Å². The highest BCUT2D eigenvalue weighted by Crippen LogP contribution is 2.26. The Bertz CT molecular complexity index is 715. The van der Waals surface area contributed by atoms with Gasteiger partial charge in [0.1, 0.15) is 11.5 Å². The van der Waals surface area contributed by atoms with E-state index in [0.29, 0.717) is 25.0 Å². The topological polar surface area (TPSA) is 79.6 Å². The number of hydrogen-bond donors (Lipinski definition) is 1. The summed E-state index contributed by atoms with van der Waals surface area (Å²) in [6, 6.07) is 3.56. The molecule has 0 aromatic carbocycles. The van der Waals surface area contributed by atoms with E-state index >= 15 is 0 Å². The van der Waals surface area contributed by atoms with Gasteiger partial charge in [0.05, 0.1) is 6.54 Å². The maximum Gasteiger partial charge on any atom is 0.404 e. The highest BCUT2D eigenvalue weighted by atomic mass is 32.2. The minimum atomic E-state index is -4.75. The predicted molar refractivity (Wildman–Crippen MR) is 88.7 cm³/mol. The van der Waals surface area contributed by atoms with Crippen molar-refractivity contribution < 1.29 is 30.8 Å². The number of sulfonamides is 1. The van der Waals surface area contributed by atoms with Crippen molar-refractivity contribution in [2.75, 3.05) is 18.8 Å². The van der Waals surface area contributed by atoms with Crippen molar-refractivity contribution in [1.29, 1.82) is 0 Å². The second kappa shape index (κ2) is 8.43. The third-order valence-electron chi connectivity index (χ3n) is 4.26. The van der Waals surface area contributed by atoms with Gasteiger partial charge in [0, 0.05) is 19.5 Å². The fourth-order valence-electron chi connectivity index (χ4n) is 3.00. The number of hydrogen-bond acceptors (Lipinski definition) is 4. The van der Waals surface area contributed by atoms with Gasteiger partial charge in [0.2, 0.25) is 15.9 Å². The summed E-state index contributed by atoms with van der Waals surface area (Å²) in [5, 5.41) is 2.71. The van der Waals surface area contributed by atoms with Gasteiger partial charge in [-0.1, -0.05) is 0 Å². The van der Waals surface area contributed by atoms with Gasteiger partial charge in [-0.25, -0.2) is 12.7 Å². The van der Waals surface area contributed by atoms with E-state index in [1.807, 2.05) is 0 Å². The number of nitrogens with one attached hydrogen (secondary N) is 1. The lowest BCUT2D eigenvalue weighted by atomic mass is 9.94. The van der Waals surface area contributed by atoms with Crippen LogP contribution in [0.1, 0.15) is 37.2 Å². The van der Waals surface area contributed by atoms with Crippen LogP contribution < -0.4 is 5.32 Å². The minimum Gasteiger partial charge on any atom is -0.465 e. The lowest BCUT2D eigenvalue weighted by Crippen LogP contribution is -2.43. The smallest absolute Gasteiger partial charge is 0.404 e. The van der Waals surface area contributed by atoms with Crippen molar-refractivity contribution in [2.45, 2.75) is 45.3 Å². The first-order valence-electron chi connectivity index (χ1n) is 8.42. The van der Waals surface area contributed by atoms with Crippen LogP contribution in [0.15, 0.2) is 16.5 Å². The Hall–Kier alpha value is -1.55. The second-order valence-electron chi connectivity index (χ2n) is 6.57. The van der Waals surface area contributed by atoms with Gasteiger partial charge in [-0.05, 0) is 44.2 Å². The number of furan rings is 1. The molecule has 0 aliphatic carbocycles. The van der Waals surface area contributed by atoms with Gasteiger partial charge in [0.15, 0.2) is 5.75 Å². The average Bonchev–Trinajstić information content (AvgIpc) is 2.94. The summed E-state index contributed by atoms with van der Waals surface area (Å²) < 4.78 is 67.2. The van der Waals surface area contributed by atoms with E-state index in [9.17, 15) is 26.4 Å². The van der Waals surface area contributed by atoms with Gasteiger partial charge >= 0.3 is 6.18 Å². The number of carbonyl (C=O) groups is 1. The number of amides is 1. The Kier molecular flexibility index (Phi) is 6.73. The molecule has 0 spiro atoms. The van der Waals surface area contributed by atoms with Gasteiger partial charge in [-0.15, -0.1) is 0 Å². The molecule has 1 fully saturated rings. The Morgan fingerprint density at radius 2 is 2.12 bits per heavy atom. The van der Waals surface area contributed by atoms with Crippen molar-refractivity contribution in [3.8, 4) is 0 Å². The number of aryl methyl sites for hydroxylation is 1. The van der Waals surface area contributed by atoms with Crippen LogP contribution in [-0.4, -0.2) is 43.6 Å². The molecule has 2 rings (SSSR count). The van der Waals surface area contributed by atoms with Gasteiger partial charge in [-0.3, -0.25) is 4.79 Å². The van der Waals surface area contributed by atoms with Gasteiger partial charge < -0.3 is 9.73 Å². The summed E-state index contributed by atoms with van der Waals surface area (Å²) in [6.45, 7) is 2.19. The average molecular weight is 396 g/mol. The zero-order valence-electron chi connectivity index (χ0n) is 14.5. The molecule has 1 saturated heterocycles. The fourth-order valence-corrected chi connectivity index (χ4v) is 4.44. The SMILES string of the molecule is Cc1ccc(CNC(=O)CC[C@@H]2CCCN(S(=O)(=O)CC(F)(F)F)C2)o1. The quantitative estimate of drug-likeness (QED) is 0.768. The van der Waals surface area contributed by atoms with Crippen LogP contribution in [0.4, 0.5) is 13.2 Å². The fraction of sp³-hybridized carbons (Fsp3) is 0.688. The number of rotatable bonds is 7. The van der Waals surface area contributed by atoms with E-state index in [1.54, 1.807) is 19.1 Å². The van der Waals surface area contributed by atoms with Crippen molar-refractivity contribution in [2.24, 2.45) is 5.92 Å². The van der Waals surface area contributed by atoms with E-state index in [2.05, 4.69) is 5.32 Å². The molecular formula is C16H23F3N2O4S. The summed E-state index contributed by atoms with van der Waals surface area (Å²) in [5.74, 6) is -0.775. The maximum absolute atomic E-state index is 12.4. The van der Waals surface area contributed by atoms with Crippen molar-refractivity contribution in [1.82, 2.24) is 9.62 Å². The van der Waals surface area contributed by atoms with Crippen LogP contribution in [0.25, 0.3) is 0 Å². The first-order valence-corrected chi connectivity index (χ1v) is 10.0. The number of piperidine rings is 1. The minimum absolute atomic E-state index is 0.0308. The number of nitrogens with zero attached hydrogens (tertiary/aromatic N) is 1. The molecule has 6 nitrogen and oxygen atoms in total. The normalized spacial score (nSPS) is 19.5. The molecule has 26 heavy (non-hydrogen) atoms. The van der Waals surface area contributed by atoms with Gasteiger partial charge in [0.25, 0.3) is 0 Å². The molecule has 0 radical (unpaired) electrons. The zero-order chi connectivity index (χ0) is 19.4. The molecule has 148 valence electrons.